The Hall–Kier alpha value is -1.09. The molecule has 0 spiro atoms. The minimum atomic E-state index is -0.178. The monoisotopic (exact) mass is 237 g/mol. The quantitative estimate of drug-likeness (QED) is 0.877. The van der Waals surface area contributed by atoms with Gasteiger partial charge in [-0.1, -0.05) is 12.8 Å². The van der Waals surface area contributed by atoms with Crippen LogP contribution in [0.5, 0.6) is 5.75 Å². The molecule has 1 aromatic carbocycles. The number of ether oxygens (including phenoxy) is 1. The van der Waals surface area contributed by atoms with Gasteiger partial charge in [-0.15, -0.1) is 0 Å². The Kier molecular flexibility index (Phi) is 3.38. The molecule has 2 nitrogen and oxygen atoms in total. The smallest absolute Gasteiger partial charge is 0.127 e. The molecule has 0 aliphatic heterocycles. The van der Waals surface area contributed by atoms with E-state index in [0.29, 0.717) is 6.54 Å². The summed E-state index contributed by atoms with van der Waals surface area (Å²) >= 11 is 0. The van der Waals surface area contributed by atoms with E-state index in [1.807, 2.05) is 6.92 Å². The molecule has 0 saturated heterocycles. The molecule has 1 aromatic rings. The van der Waals surface area contributed by atoms with E-state index in [9.17, 15) is 4.39 Å². The molecule has 0 bridgehead atoms. The molecule has 17 heavy (non-hydrogen) atoms. The van der Waals surface area contributed by atoms with Gasteiger partial charge >= 0.3 is 0 Å². The second kappa shape index (κ2) is 4.65. The normalized spacial score (nSPS) is 18.4. The Labute approximate surface area is 102 Å². The van der Waals surface area contributed by atoms with E-state index >= 15 is 0 Å². The van der Waals surface area contributed by atoms with Crippen molar-refractivity contribution < 1.29 is 9.13 Å². The molecule has 1 saturated carbocycles. The number of rotatable bonds is 3. The predicted octanol–water partition coefficient (Wildman–Crippen LogP) is 2.91. The van der Waals surface area contributed by atoms with Crippen molar-refractivity contribution in [3.05, 3.63) is 29.1 Å². The van der Waals surface area contributed by atoms with Crippen LogP contribution in [0.25, 0.3) is 0 Å². The number of benzene rings is 1. The fourth-order valence-electron chi connectivity index (χ4n) is 3.14. The molecule has 0 radical (unpaired) electrons. The average Bonchev–Trinajstić information content (AvgIpc) is 2.79. The van der Waals surface area contributed by atoms with Gasteiger partial charge in [-0.2, -0.15) is 0 Å². The maximum absolute atomic E-state index is 14.1. The molecule has 3 heteroatoms. The van der Waals surface area contributed by atoms with E-state index in [4.69, 9.17) is 10.5 Å². The summed E-state index contributed by atoms with van der Waals surface area (Å²) in [5, 5.41) is 0. The highest BCUT2D eigenvalue weighted by Gasteiger charge is 2.38. The maximum atomic E-state index is 14.1. The largest absolute Gasteiger partial charge is 0.496 e. The Morgan fingerprint density at radius 2 is 2.00 bits per heavy atom. The lowest BCUT2D eigenvalue weighted by molar-refractivity contribution is 0.393. The highest BCUT2D eigenvalue weighted by atomic mass is 19.1. The van der Waals surface area contributed by atoms with Crippen molar-refractivity contribution in [1.82, 2.24) is 0 Å². The SMILES string of the molecule is COc1ccc(F)c(C2(CN)CCCC2)c1C. The van der Waals surface area contributed by atoms with Crippen LogP contribution in [0.3, 0.4) is 0 Å². The zero-order valence-corrected chi connectivity index (χ0v) is 10.6. The van der Waals surface area contributed by atoms with E-state index < -0.39 is 0 Å². The topological polar surface area (TPSA) is 35.2 Å². The third kappa shape index (κ3) is 1.93. The Morgan fingerprint density at radius 3 is 2.53 bits per heavy atom. The summed E-state index contributed by atoms with van der Waals surface area (Å²) < 4.78 is 19.4. The molecule has 94 valence electrons. The third-order valence-electron chi connectivity index (χ3n) is 4.07. The molecule has 2 N–H and O–H groups in total. The first kappa shape index (κ1) is 12.4. The van der Waals surface area contributed by atoms with Crippen LogP contribution >= 0.6 is 0 Å². The lowest BCUT2D eigenvalue weighted by atomic mass is 9.76. The Bertz CT molecular complexity index is 411. The summed E-state index contributed by atoms with van der Waals surface area (Å²) in [6, 6.07) is 3.18. The molecule has 0 amide bonds. The Balaban J connectivity index is 2.56. The minimum absolute atomic E-state index is 0.143. The molecule has 0 atom stereocenters. The highest BCUT2D eigenvalue weighted by molar-refractivity contribution is 5.45. The van der Waals surface area contributed by atoms with Gasteiger partial charge in [0.25, 0.3) is 0 Å². The van der Waals surface area contributed by atoms with Gasteiger partial charge in [-0.25, -0.2) is 4.39 Å². The second-order valence-corrected chi connectivity index (χ2v) is 4.94. The summed E-state index contributed by atoms with van der Waals surface area (Å²) in [5.41, 5.74) is 7.42. The van der Waals surface area contributed by atoms with Gasteiger partial charge in [0, 0.05) is 17.5 Å². The van der Waals surface area contributed by atoms with Crippen LogP contribution in [-0.2, 0) is 5.41 Å². The van der Waals surface area contributed by atoms with Crippen LogP contribution in [0.4, 0.5) is 4.39 Å². The van der Waals surface area contributed by atoms with E-state index in [-0.39, 0.29) is 11.2 Å². The summed E-state index contributed by atoms with van der Waals surface area (Å²) in [7, 11) is 1.62. The van der Waals surface area contributed by atoms with Gasteiger partial charge in [0.05, 0.1) is 7.11 Å². The summed E-state index contributed by atoms with van der Waals surface area (Å²) in [6.45, 7) is 2.44. The predicted molar refractivity (Wildman–Crippen MR) is 66.9 cm³/mol. The first-order valence-corrected chi connectivity index (χ1v) is 6.18. The van der Waals surface area contributed by atoms with Gasteiger partial charge in [0.15, 0.2) is 0 Å². The van der Waals surface area contributed by atoms with Crippen LogP contribution in [0.2, 0.25) is 0 Å². The third-order valence-corrected chi connectivity index (χ3v) is 4.07. The average molecular weight is 237 g/mol. The van der Waals surface area contributed by atoms with Gasteiger partial charge in [-0.05, 0) is 37.5 Å². The molecular weight excluding hydrogens is 217 g/mol. The van der Waals surface area contributed by atoms with Crippen LogP contribution < -0.4 is 10.5 Å². The van der Waals surface area contributed by atoms with Crippen molar-refractivity contribution in [3.63, 3.8) is 0 Å². The number of halogens is 1. The second-order valence-electron chi connectivity index (χ2n) is 4.94. The fourth-order valence-corrected chi connectivity index (χ4v) is 3.14. The first-order chi connectivity index (χ1) is 8.14. The van der Waals surface area contributed by atoms with E-state index in [2.05, 4.69) is 0 Å². The summed E-state index contributed by atoms with van der Waals surface area (Å²) in [6.07, 6.45) is 4.23. The standard InChI is InChI=1S/C14H20FNO/c1-10-12(17-2)6-5-11(15)13(10)14(9-16)7-3-4-8-14/h5-6H,3-4,7-9,16H2,1-2H3. The zero-order chi connectivity index (χ0) is 12.5. The van der Waals surface area contributed by atoms with Crippen LogP contribution in [0.15, 0.2) is 12.1 Å². The molecule has 0 unspecified atom stereocenters. The first-order valence-electron chi connectivity index (χ1n) is 6.18. The van der Waals surface area contributed by atoms with Gasteiger partial charge in [0.2, 0.25) is 0 Å². The number of hydrogen-bond acceptors (Lipinski definition) is 2. The Morgan fingerprint density at radius 1 is 1.35 bits per heavy atom. The van der Waals surface area contributed by atoms with Crippen LogP contribution in [0, 0.1) is 12.7 Å². The fraction of sp³-hybridized carbons (Fsp3) is 0.571. The number of methoxy groups -OCH3 is 1. The maximum Gasteiger partial charge on any atom is 0.127 e. The van der Waals surface area contributed by atoms with Crippen molar-refractivity contribution in [2.75, 3.05) is 13.7 Å². The lowest BCUT2D eigenvalue weighted by Crippen LogP contribution is -2.34. The molecule has 2 rings (SSSR count). The molecule has 1 aliphatic carbocycles. The molecular formula is C14H20FNO. The van der Waals surface area contributed by atoms with Crippen molar-refractivity contribution in [2.24, 2.45) is 5.73 Å². The molecule has 1 aliphatic rings. The van der Waals surface area contributed by atoms with Crippen LogP contribution in [0.1, 0.15) is 36.8 Å². The number of hydrogen-bond donors (Lipinski definition) is 1. The van der Waals surface area contributed by atoms with Crippen molar-refractivity contribution >= 4 is 0 Å². The molecule has 1 fully saturated rings. The van der Waals surface area contributed by atoms with Gasteiger partial charge in [-0.3, -0.25) is 0 Å². The van der Waals surface area contributed by atoms with Gasteiger partial charge in [0.1, 0.15) is 11.6 Å². The van der Waals surface area contributed by atoms with Gasteiger partial charge < -0.3 is 10.5 Å². The molecule has 0 heterocycles. The highest BCUT2D eigenvalue weighted by Crippen LogP contribution is 2.44. The zero-order valence-electron chi connectivity index (χ0n) is 10.6. The lowest BCUT2D eigenvalue weighted by Gasteiger charge is -2.30. The van der Waals surface area contributed by atoms with Crippen molar-refractivity contribution in [1.29, 1.82) is 0 Å². The van der Waals surface area contributed by atoms with E-state index in [0.717, 1.165) is 42.6 Å². The van der Waals surface area contributed by atoms with Crippen molar-refractivity contribution in [3.8, 4) is 5.75 Å². The van der Waals surface area contributed by atoms with E-state index in [1.54, 1.807) is 13.2 Å². The minimum Gasteiger partial charge on any atom is -0.496 e. The van der Waals surface area contributed by atoms with Crippen LogP contribution in [-0.4, -0.2) is 13.7 Å². The summed E-state index contributed by atoms with van der Waals surface area (Å²) in [4.78, 5) is 0. The molecule has 0 aromatic heterocycles. The van der Waals surface area contributed by atoms with E-state index in [1.165, 1.54) is 6.07 Å². The van der Waals surface area contributed by atoms with Crippen molar-refractivity contribution in [2.45, 2.75) is 38.0 Å². The summed E-state index contributed by atoms with van der Waals surface area (Å²) in [5.74, 6) is 0.608. The number of nitrogens with two attached hydrogens (primary N) is 1.